The molecule has 0 aromatic carbocycles. The molecule has 1 N–H and O–H groups in total. The predicted molar refractivity (Wildman–Crippen MR) is 52.5 cm³/mol. The van der Waals surface area contributed by atoms with Crippen molar-refractivity contribution in [1.82, 2.24) is 0 Å². The van der Waals surface area contributed by atoms with Crippen molar-refractivity contribution >= 4 is 5.97 Å². The van der Waals surface area contributed by atoms with Crippen LogP contribution in [-0.2, 0) is 4.79 Å². The van der Waals surface area contributed by atoms with E-state index in [9.17, 15) is 4.79 Å². The number of carboxylic acids is 1. The first-order valence-corrected chi connectivity index (χ1v) is 4.84. The Balaban J connectivity index is 2.76. The van der Waals surface area contributed by atoms with Gasteiger partial charge in [-0.25, -0.2) is 0 Å². The van der Waals surface area contributed by atoms with Gasteiger partial charge in [-0.3, -0.25) is 4.79 Å². The molecule has 0 amide bonds. The normalized spacial score (nSPS) is 34.1. The van der Waals surface area contributed by atoms with E-state index < -0.39 is 5.97 Å². The van der Waals surface area contributed by atoms with Gasteiger partial charge in [-0.1, -0.05) is 25.5 Å². The zero-order chi connectivity index (χ0) is 10.1. The molecule has 2 heteroatoms. The summed E-state index contributed by atoms with van der Waals surface area (Å²) >= 11 is 0. The van der Waals surface area contributed by atoms with Crippen molar-refractivity contribution in [3.05, 3.63) is 11.6 Å². The minimum absolute atomic E-state index is 0.109. The Labute approximate surface area is 79.6 Å². The van der Waals surface area contributed by atoms with Crippen molar-refractivity contribution in [2.45, 2.75) is 40.0 Å². The molecule has 1 aliphatic rings. The molecule has 0 spiro atoms. The van der Waals surface area contributed by atoms with Gasteiger partial charge in [0.2, 0.25) is 0 Å². The average molecular weight is 182 g/mol. The van der Waals surface area contributed by atoms with Gasteiger partial charge in [0.05, 0.1) is 6.42 Å². The molecule has 74 valence electrons. The SMILES string of the molecule is CC1=C[C@@](C)(CC(=O)O)CC[C@H]1C. The van der Waals surface area contributed by atoms with Crippen LogP contribution in [-0.4, -0.2) is 11.1 Å². The molecule has 0 aromatic rings. The van der Waals surface area contributed by atoms with Crippen LogP contribution in [0.3, 0.4) is 0 Å². The number of hydrogen-bond donors (Lipinski definition) is 1. The van der Waals surface area contributed by atoms with Crippen LogP contribution in [0.15, 0.2) is 11.6 Å². The fraction of sp³-hybridized carbons (Fsp3) is 0.727. The molecule has 0 aliphatic heterocycles. The topological polar surface area (TPSA) is 37.3 Å². The first-order valence-electron chi connectivity index (χ1n) is 4.84. The van der Waals surface area contributed by atoms with Gasteiger partial charge in [0.1, 0.15) is 0 Å². The second-order valence-electron chi connectivity index (χ2n) is 4.55. The highest BCUT2D eigenvalue weighted by molar-refractivity contribution is 5.68. The highest BCUT2D eigenvalue weighted by atomic mass is 16.4. The summed E-state index contributed by atoms with van der Waals surface area (Å²) in [5.41, 5.74) is 1.23. The number of carboxylic acid groups (broad SMARTS) is 1. The third kappa shape index (κ3) is 2.58. The first-order chi connectivity index (χ1) is 5.93. The van der Waals surface area contributed by atoms with Crippen LogP contribution in [0.5, 0.6) is 0 Å². The van der Waals surface area contributed by atoms with Crippen LogP contribution in [0.1, 0.15) is 40.0 Å². The summed E-state index contributed by atoms with van der Waals surface area (Å²) < 4.78 is 0. The average Bonchev–Trinajstić information content (AvgIpc) is 1.96. The zero-order valence-corrected chi connectivity index (χ0v) is 8.63. The Morgan fingerprint density at radius 2 is 2.38 bits per heavy atom. The number of aliphatic carboxylic acids is 1. The molecule has 0 bridgehead atoms. The number of hydrogen-bond acceptors (Lipinski definition) is 1. The van der Waals surface area contributed by atoms with E-state index in [4.69, 9.17) is 5.11 Å². The Hall–Kier alpha value is -0.790. The van der Waals surface area contributed by atoms with E-state index >= 15 is 0 Å². The number of allylic oxidation sites excluding steroid dienone is 2. The molecule has 0 fully saturated rings. The summed E-state index contributed by atoms with van der Waals surface area (Å²) in [6, 6.07) is 0. The minimum Gasteiger partial charge on any atom is -0.481 e. The molecule has 0 aromatic heterocycles. The molecule has 0 radical (unpaired) electrons. The Morgan fingerprint density at radius 3 is 2.85 bits per heavy atom. The highest BCUT2D eigenvalue weighted by Gasteiger charge is 2.29. The van der Waals surface area contributed by atoms with Crippen molar-refractivity contribution in [3.63, 3.8) is 0 Å². The second-order valence-corrected chi connectivity index (χ2v) is 4.55. The van der Waals surface area contributed by atoms with Gasteiger partial charge in [0.25, 0.3) is 0 Å². The lowest BCUT2D eigenvalue weighted by molar-refractivity contribution is -0.139. The lowest BCUT2D eigenvalue weighted by atomic mass is 9.72. The maximum absolute atomic E-state index is 10.6. The van der Waals surface area contributed by atoms with Gasteiger partial charge < -0.3 is 5.11 Å². The zero-order valence-electron chi connectivity index (χ0n) is 8.63. The van der Waals surface area contributed by atoms with Gasteiger partial charge in [-0.2, -0.15) is 0 Å². The summed E-state index contributed by atoms with van der Waals surface area (Å²) in [5.74, 6) is -0.0667. The van der Waals surface area contributed by atoms with Crippen molar-refractivity contribution in [2.24, 2.45) is 11.3 Å². The summed E-state index contributed by atoms with van der Waals surface area (Å²) in [4.78, 5) is 10.6. The summed E-state index contributed by atoms with van der Waals surface area (Å²) in [5, 5.41) is 8.75. The van der Waals surface area contributed by atoms with Crippen molar-refractivity contribution in [1.29, 1.82) is 0 Å². The molecular formula is C11H18O2. The molecule has 0 saturated heterocycles. The Bertz CT molecular complexity index is 242. The monoisotopic (exact) mass is 182 g/mol. The molecule has 1 rings (SSSR count). The summed E-state index contributed by atoms with van der Waals surface area (Å²) in [7, 11) is 0. The van der Waals surface area contributed by atoms with E-state index in [1.807, 2.05) is 6.92 Å². The Kier molecular flexibility index (Phi) is 2.79. The van der Waals surface area contributed by atoms with E-state index in [1.165, 1.54) is 5.57 Å². The van der Waals surface area contributed by atoms with E-state index in [2.05, 4.69) is 19.9 Å². The van der Waals surface area contributed by atoms with Crippen molar-refractivity contribution < 1.29 is 9.90 Å². The van der Waals surface area contributed by atoms with E-state index in [-0.39, 0.29) is 11.8 Å². The third-order valence-electron chi connectivity index (χ3n) is 3.06. The van der Waals surface area contributed by atoms with Gasteiger partial charge in [-0.15, -0.1) is 0 Å². The fourth-order valence-electron chi connectivity index (χ4n) is 2.02. The van der Waals surface area contributed by atoms with Gasteiger partial charge >= 0.3 is 5.97 Å². The minimum atomic E-state index is -0.693. The summed E-state index contributed by atoms with van der Waals surface area (Å²) in [6.45, 7) is 6.34. The van der Waals surface area contributed by atoms with E-state index in [1.54, 1.807) is 0 Å². The van der Waals surface area contributed by atoms with Crippen LogP contribution in [0, 0.1) is 11.3 Å². The van der Waals surface area contributed by atoms with Crippen LogP contribution >= 0.6 is 0 Å². The predicted octanol–water partition coefficient (Wildman–Crippen LogP) is 2.84. The van der Waals surface area contributed by atoms with Crippen LogP contribution < -0.4 is 0 Å². The smallest absolute Gasteiger partial charge is 0.304 e. The molecule has 13 heavy (non-hydrogen) atoms. The molecule has 2 nitrogen and oxygen atoms in total. The number of rotatable bonds is 2. The molecular weight excluding hydrogens is 164 g/mol. The van der Waals surface area contributed by atoms with Crippen LogP contribution in [0.25, 0.3) is 0 Å². The largest absolute Gasteiger partial charge is 0.481 e. The number of carbonyl (C=O) groups is 1. The molecule has 2 atom stereocenters. The molecule has 0 heterocycles. The molecule has 0 unspecified atom stereocenters. The van der Waals surface area contributed by atoms with Crippen LogP contribution in [0.4, 0.5) is 0 Å². The lowest BCUT2D eigenvalue weighted by Gasteiger charge is -2.32. The van der Waals surface area contributed by atoms with Gasteiger partial charge in [0.15, 0.2) is 0 Å². The molecule has 0 saturated carbocycles. The van der Waals surface area contributed by atoms with E-state index in [0.717, 1.165) is 12.8 Å². The van der Waals surface area contributed by atoms with Crippen molar-refractivity contribution in [2.75, 3.05) is 0 Å². The lowest BCUT2D eigenvalue weighted by Crippen LogP contribution is -2.24. The molecule has 1 aliphatic carbocycles. The maximum Gasteiger partial charge on any atom is 0.304 e. The van der Waals surface area contributed by atoms with E-state index in [0.29, 0.717) is 5.92 Å². The Morgan fingerprint density at radius 1 is 1.77 bits per heavy atom. The quantitative estimate of drug-likeness (QED) is 0.667. The maximum atomic E-state index is 10.6. The van der Waals surface area contributed by atoms with Crippen molar-refractivity contribution in [3.8, 4) is 0 Å². The second kappa shape index (κ2) is 3.52. The summed E-state index contributed by atoms with van der Waals surface area (Å²) in [6.07, 6.45) is 4.52. The highest BCUT2D eigenvalue weighted by Crippen LogP contribution is 2.39. The third-order valence-corrected chi connectivity index (χ3v) is 3.06. The standard InChI is InChI=1S/C11H18O2/c1-8-4-5-11(3,6-9(8)2)7-10(12)13/h6,8H,4-5,7H2,1-3H3,(H,12,13)/t8-,11+/m1/s1. The van der Waals surface area contributed by atoms with Gasteiger partial charge in [-0.05, 0) is 31.1 Å². The fourth-order valence-corrected chi connectivity index (χ4v) is 2.02. The van der Waals surface area contributed by atoms with Gasteiger partial charge in [0, 0.05) is 0 Å². The van der Waals surface area contributed by atoms with Crippen LogP contribution in [0.2, 0.25) is 0 Å². The first kappa shape index (κ1) is 10.3.